The number of pyridine rings is 1. The minimum Gasteiger partial charge on any atom is -0.478 e. The van der Waals surface area contributed by atoms with Gasteiger partial charge in [0, 0.05) is 37.9 Å². The molecule has 0 saturated carbocycles. The van der Waals surface area contributed by atoms with Crippen molar-refractivity contribution in [3.05, 3.63) is 59.8 Å². The lowest BCUT2D eigenvalue weighted by Crippen LogP contribution is -2.59. The molecular formula is C23H27N3O2. The van der Waals surface area contributed by atoms with Crippen molar-refractivity contribution in [2.75, 3.05) is 24.5 Å². The average Bonchev–Trinajstić information content (AvgIpc) is 2.74. The lowest BCUT2D eigenvalue weighted by Gasteiger charge is -2.55. The molecule has 0 aliphatic carbocycles. The van der Waals surface area contributed by atoms with E-state index in [0.29, 0.717) is 23.9 Å². The predicted octanol–water partition coefficient (Wildman–Crippen LogP) is 3.83. The Bertz CT molecular complexity index is 839. The minimum absolute atomic E-state index is 0.255. The first-order valence-electron chi connectivity index (χ1n) is 10.4. The quantitative estimate of drug-likeness (QED) is 0.881. The molecule has 0 unspecified atom stereocenters. The second-order valence-electron chi connectivity index (χ2n) is 8.60. The molecule has 4 atom stereocenters. The van der Waals surface area contributed by atoms with Gasteiger partial charge in [0.25, 0.3) is 0 Å². The Hall–Kier alpha value is -2.40. The Balaban J connectivity index is 1.35. The Morgan fingerprint density at radius 1 is 1.04 bits per heavy atom. The molecule has 3 aliphatic rings. The van der Waals surface area contributed by atoms with Crippen LogP contribution >= 0.6 is 0 Å². The van der Waals surface area contributed by atoms with Crippen LogP contribution in [0.5, 0.6) is 0 Å². The molecule has 1 aromatic carbocycles. The van der Waals surface area contributed by atoms with Gasteiger partial charge in [-0.1, -0.05) is 30.3 Å². The summed E-state index contributed by atoms with van der Waals surface area (Å²) >= 11 is 0. The fourth-order valence-electron chi connectivity index (χ4n) is 5.73. The van der Waals surface area contributed by atoms with Crippen molar-refractivity contribution >= 4 is 11.8 Å². The molecule has 4 heterocycles. The summed E-state index contributed by atoms with van der Waals surface area (Å²) in [5, 5.41) is 9.11. The third kappa shape index (κ3) is 3.18. The first-order valence-corrected chi connectivity index (χ1v) is 10.4. The lowest BCUT2D eigenvalue weighted by atomic mass is 9.74. The van der Waals surface area contributed by atoms with Crippen molar-refractivity contribution < 1.29 is 9.90 Å². The zero-order valence-electron chi connectivity index (χ0n) is 16.1. The Morgan fingerprint density at radius 2 is 1.89 bits per heavy atom. The molecule has 0 radical (unpaired) electrons. The first-order chi connectivity index (χ1) is 13.7. The van der Waals surface area contributed by atoms with Crippen LogP contribution < -0.4 is 4.90 Å². The number of aromatic carboxylic acids is 1. The lowest BCUT2D eigenvalue weighted by molar-refractivity contribution is -0.0200. The van der Waals surface area contributed by atoms with Gasteiger partial charge in [0.05, 0.1) is 5.56 Å². The van der Waals surface area contributed by atoms with Crippen LogP contribution in [0, 0.1) is 11.8 Å². The smallest absolute Gasteiger partial charge is 0.337 e. The second-order valence-corrected chi connectivity index (χ2v) is 8.60. The van der Waals surface area contributed by atoms with E-state index in [-0.39, 0.29) is 5.56 Å². The van der Waals surface area contributed by atoms with Crippen LogP contribution in [0.1, 0.15) is 47.6 Å². The summed E-state index contributed by atoms with van der Waals surface area (Å²) in [6.45, 7) is 3.20. The third-order valence-corrected chi connectivity index (χ3v) is 6.89. The molecule has 5 rings (SSSR count). The van der Waals surface area contributed by atoms with Crippen LogP contribution in [-0.4, -0.2) is 46.6 Å². The number of piperidine rings is 3. The van der Waals surface area contributed by atoms with Crippen LogP contribution in [0.25, 0.3) is 0 Å². The summed E-state index contributed by atoms with van der Waals surface area (Å²) in [6, 6.07) is 15.8. The first kappa shape index (κ1) is 17.7. The normalized spacial score (nSPS) is 29.9. The van der Waals surface area contributed by atoms with Crippen molar-refractivity contribution in [2.24, 2.45) is 11.8 Å². The maximum Gasteiger partial charge on any atom is 0.337 e. The number of carbonyl (C=O) groups is 1. The molecule has 28 heavy (non-hydrogen) atoms. The van der Waals surface area contributed by atoms with Crippen LogP contribution in [0.4, 0.5) is 5.82 Å². The molecule has 0 spiro atoms. The molecule has 5 heteroatoms. The van der Waals surface area contributed by atoms with Crippen molar-refractivity contribution in [2.45, 2.75) is 37.8 Å². The average molecular weight is 377 g/mol. The molecule has 3 saturated heterocycles. The number of benzene rings is 1. The zero-order chi connectivity index (χ0) is 19.1. The molecular weight excluding hydrogens is 350 g/mol. The van der Waals surface area contributed by atoms with E-state index in [1.807, 2.05) is 6.07 Å². The van der Waals surface area contributed by atoms with E-state index in [9.17, 15) is 4.79 Å². The number of rotatable bonds is 3. The highest BCUT2D eigenvalue weighted by Crippen LogP contribution is 2.44. The van der Waals surface area contributed by atoms with Gasteiger partial charge >= 0.3 is 5.97 Å². The Kier molecular flexibility index (Phi) is 4.55. The standard InChI is InChI=1S/C23H27N3O2/c27-23(28)18-9-10-22(24-12-18)25-13-16-11-19(15-25)21-8-4-7-20(26(21)14-16)17-5-2-1-3-6-17/h1-3,5-6,9-10,12,16,19-21H,4,7-8,11,13-15H2,(H,27,28)/t16-,19+,20+,21-/m0/s1. The molecule has 3 fully saturated rings. The maximum absolute atomic E-state index is 11.1. The highest BCUT2D eigenvalue weighted by atomic mass is 16.4. The molecule has 1 aromatic heterocycles. The highest BCUT2D eigenvalue weighted by Gasteiger charge is 2.45. The summed E-state index contributed by atoms with van der Waals surface area (Å²) in [5.74, 6) is 1.32. The second kappa shape index (κ2) is 7.21. The van der Waals surface area contributed by atoms with E-state index < -0.39 is 5.97 Å². The fraction of sp³-hybridized carbons (Fsp3) is 0.478. The summed E-state index contributed by atoms with van der Waals surface area (Å²) in [6.07, 6.45) is 6.65. The predicted molar refractivity (Wildman–Crippen MR) is 109 cm³/mol. The van der Waals surface area contributed by atoms with Crippen LogP contribution in [0.15, 0.2) is 48.7 Å². The molecule has 2 bridgehead atoms. The number of carboxylic acids is 1. The van der Waals surface area contributed by atoms with Gasteiger partial charge in [0.1, 0.15) is 5.82 Å². The number of carboxylic acid groups (broad SMARTS) is 1. The van der Waals surface area contributed by atoms with Gasteiger partial charge in [0.2, 0.25) is 0 Å². The van der Waals surface area contributed by atoms with Gasteiger partial charge < -0.3 is 10.0 Å². The van der Waals surface area contributed by atoms with Crippen molar-refractivity contribution in [3.63, 3.8) is 0 Å². The fourth-order valence-corrected chi connectivity index (χ4v) is 5.73. The van der Waals surface area contributed by atoms with Gasteiger partial charge in [-0.25, -0.2) is 9.78 Å². The van der Waals surface area contributed by atoms with Crippen molar-refractivity contribution in [1.29, 1.82) is 0 Å². The largest absolute Gasteiger partial charge is 0.478 e. The van der Waals surface area contributed by atoms with Crippen molar-refractivity contribution in [1.82, 2.24) is 9.88 Å². The number of nitrogens with zero attached hydrogens (tertiary/aromatic N) is 3. The number of hydrogen-bond acceptors (Lipinski definition) is 4. The SMILES string of the molecule is O=C(O)c1ccc(N2C[C@@H]3C[C@H](C2)[C@@H]2CCC[C@H](c4ccccc4)N2C3)nc1. The van der Waals surface area contributed by atoms with E-state index in [4.69, 9.17) is 5.11 Å². The zero-order valence-corrected chi connectivity index (χ0v) is 16.1. The molecule has 5 nitrogen and oxygen atoms in total. The summed E-state index contributed by atoms with van der Waals surface area (Å²) in [4.78, 5) is 20.7. The van der Waals surface area contributed by atoms with Gasteiger partial charge in [-0.2, -0.15) is 0 Å². The minimum atomic E-state index is -0.917. The molecule has 3 aliphatic heterocycles. The number of hydrogen-bond donors (Lipinski definition) is 1. The summed E-state index contributed by atoms with van der Waals surface area (Å²) in [5.41, 5.74) is 1.72. The van der Waals surface area contributed by atoms with E-state index in [1.54, 1.807) is 6.07 Å². The summed E-state index contributed by atoms with van der Waals surface area (Å²) < 4.78 is 0. The molecule has 2 aromatic rings. The van der Waals surface area contributed by atoms with Gasteiger partial charge in [-0.05, 0) is 55.2 Å². The van der Waals surface area contributed by atoms with Gasteiger partial charge in [0.15, 0.2) is 0 Å². The topological polar surface area (TPSA) is 56.7 Å². The van der Waals surface area contributed by atoms with Gasteiger partial charge in [-0.3, -0.25) is 4.90 Å². The van der Waals surface area contributed by atoms with E-state index in [0.717, 1.165) is 25.5 Å². The van der Waals surface area contributed by atoms with Crippen LogP contribution in [0.3, 0.4) is 0 Å². The number of anilines is 1. The van der Waals surface area contributed by atoms with Gasteiger partial charge in [-0.15, -0.1) is 0 Å². The Morgan fingerprint density at radius 3 is 2.64 bits per heavy atom. The Labute approximate surface area is 166 Å². The highest BCUT2D eigenvalue weighted by molar-refractivity contribution is 5.87. The summed E-state index contributed by atoms with van der Waals surface area (Å²) in [7, 11) is 0. The third-order valence-electron chi connectivity index (χ3n) is 6.89. The van der Waals surface area contributed by atoms with E-state index in [1.165, 1.54) is 37.4 Å². The molecule has 1 N–H and O–H groups in total. The van der Waals surface area contributed by atoms with Crippen molar-refractivity contribution in [3.8, 4) is 0 Å². The molecule has 146 valence electrons. The van der Waals surface area contributed by atoms with E-state index in [2.05, 4.69) is 45.1 Å². The van der Waals surface area contributed by atoms with E-state index >= 15 is 0 Å². The van der Waals surface area contributed by atoms with Crippen LogP contribution in [0.2, 0.25) is 0 Å². The molecule has 0 amide bonds. The monoisotopic (exact) mass is 377 g/mol. The number of fused-ring (bicyclic) bond motifs is 4. The maximum atomic E-state index is 11.1. The number of aromatic nitrogens is 1. The van der Waals surface area contributed by atoms with Crippen LogP contribution in [-0.2, 0) is 0 Å².